The third kappa shape index (κ3) is 6.79. The second kappa shape index (κ2) is 9.65. The van der Waals surface area contributed by atoms with Crippen molar-refractivity contribution in [2.24, 2.45) is 0 Å². The predicted octanol–water partition coefficient (Wildman–Crippen LogP) is 2.09. The predicted molar refractivity (Wildman–Crippen MR) is 102 cm³/mol. The molecular formula is C21H29FN3O2+. The van der Waals surface area contributed by atoms with Crippen molar-refractivity contribution < 1.29 is 18.9 Å². The summed E-state index contributed by atoms with van der Waals surface area (Å²) in [4.78, 5) is 25.3. The van der Waals surface area contributed by atoms with Crippen molar-refractivity contribution in [2.45, 2.75) is 57.5 Å². The fourth-order valence-corrected chi connectivity index (χ4v) is 3.60. The van der Waals surface area contributed by atoms with Gasteiger partial charge in [-0.3, -0.25) is 10.1 Å². The van der Waals surface area contributed by atoms with E-state index in [1.54, 1.807) is 12.1 Å². The van der Waals surface area contributed by atoms with E-state index in [9.17, 15) is 14.0 Å². The summed E-state index contributed by atoms with van der Waals surface area (Å²) in [7, 11) is 0. The maximum Gasteiger partial charge on any atom is 0.321 e. The molecule has 0 aromatic heterocycles. The Balaban J connectivity index is 1.40. The molecule has 0 aliphatic heterocycles. The van der Waals surface area contributed by atoms with Crippen molar-refractivity contribution in [1.29, 1.82) is 0 Å². The van der Waals surface area contributed by atoms with Crippen molar-refractivity contribution in [2.75, 3.05) is 13.1 Å². The molecule has 0 radical (unpaired) electrons. The van der Waals surface area contributed by atoms with Crippen LogP contribution in [0.4, 0.5) is 9.18 Å². The van der Waals surface area contributed by atoms with Gasteiger partial charge >= 0.3 is 6.03 Å². The van der Waals surface area contributed by atoms with Crippen LogP contribution in [0.1, 0.15) is 50.5 Å². The summed E-state index contributed by atoms with van der Waals surface area (Å²) >= 11 is 0. The molecule has 1 aromatic rings. The lowest BCUT2D eigenvalue weighted by Crippen LogP contribution is -3.13. The van der Waals surface area contributed by atoms with E-state index in [1.165, 1.54) is 30.5 Å². The number of imide groups is 1. The second-order valence-corrected chi connectivity index (χ2v) is 7.57. The minimum absolute atomic E-state index is 0.251. The summed E-state index contributed by atoms with van der Waals surface area (Å²) in [5.74, 6) is -0.529. The molecule has 3 rings (SSSR count). The minimum Gasteiger partial charge on any atom is -0.337 e. The van der Waals surface area contributed by atoms with Crippen LogP contribution in [0, 0.1) is 5.82 Å². The van der Waals surface area contributed by atoms with Crippen molar-refractivity contribution in [3.63, 3.8) is 0 Å². The van der Waals surface area contributed by atoms with Gasteiger partial charge in [0.25, 0.3) is 5.91 Å². The van der Waals surface area contributed by atoms with Crippen LogP contribution in [0.2, 0.25) is 0 Å². The Morgan fingerprint density at radius 2 is 1.93 bits per heavy atom. The first-order chi connectivity index (χ1) is 13.1. The van der Waals surface area contributed by atoms with E-state index in [4.69, 9.17) is 0 Å². The van der Waals surface area contributed by atoms with Crippen LogP contribution in [0.25, 0.3) is 0 Å². The maximum atomic E-state index is 13.1. The van der Waals surface area contributed by atoms with Gasteiger partial charge in [-0.25, -0.2) is 9.18 Å². The average molecular weight is 374 g/mol. The Labute approximate surface area is 160 Å². The number of amides is 3. The molecule has 1 unspecified atom stereocenters. The van der Waals surface area contributed by atoms with E-state index in [2.05, 4.69) is 16.7 Å². The lowest BCUT2D eigenvalue weighted by atomic mass is 9.97. The van der Waals surface area contributed by atoms with Crippen molar-refractivity contribution in [1.82, 2.24) is 10.6 Å². The number of rotatable bonds is 8. The monoisotopic (exact) mass is 374 g/mol. The molecule has 6 heteroatoms. The Hall–Kier alpha value is -2.21. The summed E-state index contributed by atoms with van der Waals surface area (Å²) in [6, 6.07) is 6.41. The molecule has 3 amide bonds. The zero-order valence-electron chi connectivity index (χ0n) is 15.7. The Morgan fingerprint density at radius 3 is 2.59 bits per heavy atom. The molecule has 1 atom stereocenters. The molecule has 1 saturated carbocycles. The first-order valence-electron chi connectivity index (χ1n) is 9.95. The van der Waals surface area contributed by atoms with Crippen LogP contribution in [0.3, 0.4) is 0 Å². The Bertz CT molecular complexity index is 683. The van der Waals surface area contributed by atoms with Gasteiger partial charge in [-0.15, -0.1) is 0 Å². The molecule has 1 fully saturated rings. The molecule has 0 bridgehead atoms. The molecule has 0 spiro atoms. The van der Waals surface area contributed by atoms with E-state index in [1.807, 2.05) is 0 Å². The van der Waals surface area contributed by atoms with Gasteiger partial charge in [0.1, 0.15) is 12.4 Å². The lowest BCUT2D eigenvalue weighted by molar-refractivity contribution is -0.917. The Morgan fingerprint density at radius 1 is 1.15 bits per heavy atom. The topological polar surface area (TPSA) is 62.6 Å². The summed E-state index contributed by atoms with van der Waals surface area (Å²) in [6.07, 6.45) is 10.0. The number of quaternary nitrogens is 1. The van der Waals surface area contributed by atoms with Gasteiger partial charge in [0.2, 0.25) is 0 Å². The first-order valence-corrected chi connectivity index (χ1v) is 9.95. The third-order valence-electron chi connectivity index (χ3n) is 5.26. The van der Waals surface area contributed by atoms with Crippen molar-refractivity contribution in [3.8, 4) is 0 Å². The van der Waals surface area contributed by atoms with Gasteiger partial charge in [0, 0.05) is 24.9 Å². The standard InChI is InChI=1S/C21H28FN3O2/c22-18-8-6-17(7-9-18)14-25(19-10-11-19)15-20(26)24-21(27)23-13-12-16-4-2-1-3-5-16/h4,6-9,19H,1-3,5,10-15H2,(H2,23,24,26,27)/p+1. The van der Waals surface area contributed by atoms with Gasteiger partial charge in [-0.05, 0) is 44.2 Å². The van der Waals surface area contributed by atoms with E-state index in [0.717, 1.165) is 42.6 Å². The van der Waals surface area contributed by atoms with Gasteiger partial charge < -0.3 is 10.2 Å². The summed E-state index contributed by atoms with van der Waals surface area (Å²) in [6.45, 7) is 1.47. The summed E-state index contributed by atoms with van der Waals surface area (Å²) in [5.41, 5.74) is 2.40. The number of halogens is 1. The molecule has 2 aliphatic carbocycles. The van der Waals surface area contributed by atoms with Gasteiger partial charge in [0.05, 0.1) is 6.04 Å². The zero-order valence-corrected chi connectivity index (χ0v) is 15.7. The van der Waals surface area contributed by atoms with E-state index in [-0.39, 0.29) is 18.3 Å². The van der Waals surface area contributed by atoms with Crippen LogP contribution < -0.4 is 15.5 Å². The highest BCUT2D eigenvalue weighted by Crippen LogP contribution is 2.19. The normalized spacial score (nSPS) is 17.7. The van der Waals surface area contributed by atoms with Crippen LogP contribution in [0.15, 0.2) is 35.9 Å². The fraction of sp³-hybridized carbons (Fsp3) is 0.524. The molecule has 146 valence electrons. The minimum atomic E-state index is -0.423. The van der Waals surface area contributed by atoms with E-state index >= 15 is 0 Å². The van der Waals surface area contributed by atoms with E-state index in [0.29, 0.717) is 19.1 Å². The van der Waals surface area contributed by atoms with Crippen LogP contribution in [0.5, 0.6) is 0 Å². The van der Waals surface area contributed by atoms with Gasteiger partial charge in [-0.1, -0.05) is 23.8 Å². The number of benzene rings is 1. The second-order valence-electron chi connectivity index (χ2n) is 7.57. The first kappa shape index (κ1) is 19.5. The average Bonchev–Trinajstić information content (AvgIpc) is 3.49. The summed E-state index contributed by atoms with van der Waals surface area (Å²) in [5, 5.41) is 5.21. The summed E-state index contributed by atoms with van der Waals surface area (Å²) < 4.78 is 13.1. The number of urea groups is 1. The third-order valence-corrected chi connectivity index (χ3v) is 5.26. The molecule has 2 aliphatic rings. The zero-order chi connectivity index (χ0) is 19.1. The highest BCUT2D eigenvalue weighted by molar-refractivity contribution is 5.94. The number of carbonyl (C=O) groups excluding carboxylic acids is 2. The van der Waals surface area contributed by atoms with Crippen molar-refractivity contribution in [3.05, 3.63) is 47.3 Å². The Kier molecular flexibility index (Phi) is 6.98. The molecule has 27 heavy (non-hydrogen) atoms. The van der Waals surface area contributed by atoms with Gasteiger partial charge in [0.15, 0.2) is 6.54 Å². The highest BCUT2D eigenvalue weighted by Gasteiger charge is 2.34. The largest absolute Gasteiger partial charge is 0.337 e. The number of allylic oxidation sites excluding steroid dienone is 1. The van der Waals surface area contributed by atoms with Crippen LogP contribution >= 0.6 is 0 Å². The molecule has 0 heterocycles. The lowest BCUT2D eigenvalue weighted by Gasteiger charge is -2.19. The number of hydrogen-bond acceptors (Lipinski definition) is 2. The number of hydrogen-bond donors (Lipinski definition) is 3. The smallest absolute Gasteiger partial charge is 0.321 e. The van der Waals surface area contributed by atoms with E-state index < -0.39 is 6.03 Å². The maximum absolute atomic E-state index is 13.1. The molecule has 0 saturated heterocycles. The fourth-order valence-electron chi connectivity index (χ4n) is 3.60. The molecule has 1 aromatic carbocycles. The molecule has 3 N–H and O–H groups in total. The highest BCUT2D eigenvalue weighted by atomic mass is 19.1. The SMILES string of the molecule is O=C(C[NH+](Cc1ccc(F)cc1)C1CC1)NC(=O)NCCC1=CCCCC1. The molecular weight excluding hydrogens is 345 g/mol. The molecule has 5 nitrogen and oxygen atoms in total. The van der Waals surface area contributed by atoms with Crippen LogP contribution in [-0.4, -0.2) is 31.1 Å². The number of carbonyl (C=O) groups is 2. The van der Waals surface area contributed by atoms with Gasteiger partial charge in [-0.2, -0.15) is 0 Å². The van der Waals surface area contributed by atoms with Crippen molar-refractivity contribution >= 4 is 11.9 Å². The number of nitrogens with one attached hydrogen (secondary N) is 3. The van der Waals surface area contributed by atoms with Crippen LogP contribution in [-0.2, 0) is 11.3 Å². The quantitative estimate of drug-likeness (QED) is 0.610.